The van der Waals surface area contributed by atoms with E-state index in [0.717, 1.165) is 5.75 Å². The third-order valence-electron chi connectivity index (χ3n) is 2.03. The number of hydrogen-bond acceptors (Lipinski definition) is 2. The molecule has 0 amide bonds. The van der Waals surface area contributed by atoms with Gasteiger partial charge in [0.1, 0.15) is 0 Å². The van der Waals surface area contributed by atoms with Gasteiger partial charge in [0.05, 0.1) is 0 Å². The molecule has 0 aliphatic carbocycles. The highest BCUT2D eigenvalue weighted by Gasteiger charge is 2.25. The minimum Gasteiger partial charge on any atom is -0.306 e. The minimum atomic E-state index is 0.367. The van der Waals surface area contributed by atoms with E-state index >= 15 is 0 Å². The second-order valence-corrected chi connectivity index (χ2v) is 4.80. The molecule has 0 aromatic rings. The molecule has 0 aliphatic rings. The lowest BCUT2D eigenvalue weighted by Crippen LogP contribution is -2.39. The Hall–Kier alpha value is 0.310. The fourth-order valence-corrected chi connectivity index (χ4v) is 1.83. The zero-order valence-corrected chi connectivity index (χ0v) is 9.28. The monoisotopic (exact) mass is 175 g/mol. The van der Waals surface area contributed by atoms with Gasteiger partial charge in [-0.2, -0.15) is 12.6 Å². The first kappa shape index (κ1) is 11.3. The first-order valence-electron chi connectivity index (χ1n) is 4.17. The van der Waals surface area contributed by atoms with E-state index in [-0.39, 0.29) is 0 Å². The first-order valence-corrected chi connectivity index (χ1v) is 4.80. The van der Waals surface area contributed by atoms with E-state index in [0.29, 0.717) is 11.5 Å². The van der Waals surface area contributed by atoms with Crippen LogP contribution in [0.2, 0.25) is 0 Å². The maximum atomic E-state index is 4.26. The Morgan fingerprint density at radius 3 is 1.82 bits per heavy atom. The predicted octanol–water partition coefficient (Wildman–Crippen LogP) is 2.28. The van der Waals surface area contributed by atoms with E-state index in [4.69, 9.17) is 0 Å². The van der Waals surface area contributed by atoms with Gasteiger partial charge >= 0.3 is 0 Å². The smallest absolute Gasteiger partial charge is 0.0145 e. The van der Waals surface area contributed by atoms with Crippen molar-refractivity contribution in [3.63, 3.8) is 0 Å². The summed E-state index contributed by atoms with van der Waals surface area (Å²) in [5, 5.41) is 0. The molecule has 0 rings (SSSR count). The Kier molecular flexibility index (Phi) is 4.49. The Morgan fingerprint density at radius 1 is 1.27 bits per heavy atom. The van der Waals surface area contributed by atoms with Crippen LogP contribution in [0.3, 0.4) is 0 Å². The van der Waals surface area contributed by atoms with Gasteiger partial charge in [-0.25, -0.2) is 0 Å². The van der Waals surface area contributed by atoms with Gasteiger partial charge < -0.3 is 4.90 Å². The molecule has 0 aromatic carbocycles. The summed E-state index contributed by atoms with van der Waals surface area (Å²) in [5.74, 6) is 0.972. The molecule has 68 valence electrons. The van der Waals surface area contributed by atoms with Crippen LogP contribution in [-0.4, -0.2) is 30.8 Å². The summed E-state index contributed by atoms with van der Waals surface area (Å²) in [5.41, 5.74) is 0.367. The summed E-state index contributed by atoms with van der Waals surface area (Å²) in [6.07, 6.45) is 1.17. The van der Waals surface area contributed by atoms with Gasteiger partial charge in [0.25, 0.3) is 0 Å². The Morgan fingerprint density at radius 2 is 1.73 bits per heavy atom. The highest BCUT2D eigenvalue weighted by atomic mass is 32.1. The summed E-state index contributed by atoms with van der Waals surface area (Å²) in [6.45, 7) is 6.84. The molecular formula is C9H21NS. The molecule has 0 fully saturated rings. The standard InChI is InChI=1S/C9H21NS/c1-9(2,3)8(6-7-11)10(4)5/h8,11H,6-7H2,1-5H3. The second-order valence-electron chi connectivity index (χ2n) is 4.36. The number of thiol groups is 1. The largest absolute Gasteiger partial charge is 0.306 e. The number of rotatable bonds is 3. The zero-order chi connectivity index (χ0) is 9.07. The van der Waals surface area contributed by atoms with Crippen LogP contribution in [0.4, 0.5) is 0 Å². The molecule has 0 radical (unpaired) electrons. The van der Waals surface area contributed by atoms with E-state index in [1.807, 2.05) is 0 Å². The molecule has 1 unspecified atom stereocenters. The van der Waals surface area contributed by atoms with Gasteiger partial charge in [0.15, 0.2) is 0 Å². The molecule has 0 aliphatic heterocycles. The fraction of sp³-hybridized carbons (Fsp3) is 1.00. The van der Waals surface area contributed by atoms with Crippen molar-refractivity contribution in [3.05, 3.63) is 0 Å². The molecular weight excluding hydrogens is 154 g/mol. The molecule has 0 spiro atoms. The van der Waals surface area contributed by atoms with Crippen molar-refractivity contribution in [1.82, 2.24) is 4.90 Å². The van der Waals surface area contributed by atoms with Crippen LogP contribution in [0.15, 0.2) is 0 Å². The van der Waals surface area contributed by atoms with Crippen LogP contribution in [-0.2, 0) is 0 Å². The van der Waals surface area contributed by atoms with Crippen LogP contribution in [0, 0.1) is 5.41 Å². The Bertz CT molecular complexity index is 105. The van der Waals surface area contributed by atoms with Crippen molar-refractivity contribution in [1.29, 1.82) is 0 Å². The normalized spacial score (nSPS) is 15.5. The molecule has 2 heteroatoms. The van der Waals surface area contributed by atoms with Crippen LogP contribution in [0.1, 0.15) is 27.2 Å². The fourth-order valence-electron chi connectivity index (χ4n) is 1.59. The third kappa shape index (κ3) is 4.02. The van der Waals surface area contributed by atoms with Gasteiger partial charge in [-0.05, 0) is 31.7 Å². The number of hydrogen-bond donors (Lipinski definition) is 1. The SMILES string of the molecule is CN(C)C(CCS)C(C)(C)C. The number of nitrogens with zero attached hydrogens (tertiary/aromatic N) is 1. The minimum absolute atomic E-state index is 0.367. The third-order valence-corrected chi connectivity index (χ3v) is 2.28. The highest BCUT2D eigenvalue weighted by Crippen LogP contribution is 2.25. The summed E-state index contributed by atoms with van der Waals surface area (Å²) >= 11 is 4.26. The van der Waals surface area contributed by atoms with Gasteiger partial charge in [-0.15, -0.1) is 0 Å². The highest BCUT2D eigenvalue weighted by molar-refractivity contribution is 7.80. The van der Waals surface area contributed by atoms with Crippen molar-refractivity contribution >= 4 is 12.6 Å². The van der Waals surface area contributed by atoms with Gasteiger partial charge in [0.2, 0.25) is 0 Å². The van der Waals surface area contributed by atoms with Crippen LogP contribution < -0.4 is 0 Å². The molecule has 0 aromatic heterocycles. The van der Waals surface area contributed by atoms with Gasteiger partial charge in [-0.3, -0.25) is 0 Å². The van der Waals surface area contributed by atoms with Crippen LogP contribution in [0.5, 0.6) is 0 Å². The molecule has 0 saturated carbocycles. The molecule has 0 bridgehead atoms. The molecule has 1 atom stereocenters. The molecule has 11 heavy (non-hydrogen) atoms. The summed E-state index contributed by atoms with van der Waals surface area (Å²) in [4.78, 5) is 2.29. The average molecular weight is 175 g/mol. The van der Waals surface area contributed by atoms with Gasteiger partial charge in [0, 0.05) is 6.04 Å². The van der Waals surface area contributed by atoms with E-state index in [2.05, 4.69) is 52.4 Å². The van der Waals surface area contributed by atoms with E-state index in [9.17, 15) is 0 Å². The average Bonchev–Trinajstić information content (AvgIpc) is 1.79. The predicted molar refractivity (Wildman–Crippen MR) is 55.4 cm³/mol. The van der Waals surface area contributed by atoms with Crippen molar-refractivity contribution in [2.75, 3.05) is 19.8 Å². The molecule has 0 N–H and O–H groups in total. The molecule has 1 nitrogen and oxygen atoms in total. The van der Waals surface area contributed by atoms with Gasteiger partial charge in [-0.1, -0.05) is 20.8 Å². The lowest BCUT2D eigenvalue weighted by molar-refractivity contribution is 0.149. The second kappa shape index (κ2) is 4.36. The quantitative estimate of drug-likeness (QED) is 0.644. The van der Waals surface area contributed by atoms with E-state index < -0.39 is 0 Å². The van der Waals surface area contributed by atoms with E-state index in [1.54, 1.807) is 0 Å². The van der Waals surface area contributed by atoms with Crippen molar-refractivity contribution in [2.24, 2.45) is 5.41 Å². The lowest BCUT2D eigenvalue weighted by atomic mass is 9.84. The van der Waals surface area contributed by atoms with Crippen molar-refractivity contribution < 1.29 is 0 Å². The van der Waals surface area contributed by atoms with E-state index in [1.165, 1.54) is 6.42 Å². The van der Waals surface area contributed by atoms with Crippen LogP contribution >= 0.6 is 12.6 Å². The van der Waals surface area contributed by atoms with Crippen molar-refractivity contribution in [3.8, 4) is 0 Å². The van der Waals surface area contributed by atoms with Crippen LogP contribution in [0.25, 0.3) is 0 Å². The molecule has 0 saturated heterocycles. The Balaban J connectivity index is 4.10. The maximum absolute atomic E-state index is 4.26. The zero-order valence-electron chi connectivity index (χ0n) is 8.39. The summed E-state index contributed by atoms with van der Waals surface area (Å²) < 4.78 is 0. The maximum Gasteiger partial charge on any atom is 0.0145 e. The molecule has 0 heterocycles. The lowest BCUT2D eigenvalue weighted by Gasteiger charge is -2.35. The van der Waals surface area contributed by atoms with Crippen molar-refractivity contribution in [2.45, 2.75) is 33.2 Å². The Labute approximate surface area is 76.6 Å². The topological polar surface area (TPSA) is 3.24 Å². The first-order chi connectivity index (χ1) is 4.89. The summed E-state index contributed by atoms with van der Waals surface area (Å²) in [6, 6.07) is 0.639. The summed E-state index contributed by atoms with van der Waals surface area (Å²) in [7, 11) is 4.28.